The number of amides is 3. The average molecular weight is 329 g/mol. The first-order valence-electron chi connectivity index (χ1n) is 7.17. The maximum Gasteiger partial charge on any atom is 0.319 e. The number of benzene rings is 1. The first-order valence-corrected chi connectivity index (χ1v) is 7.17. The van der Waals surface area contributed by atoms with Crippen LogP contribution in [0.4, 0.5) is 16.2 Å². The summed E-state index contributed by atoms with van der Waals surface area (Å²) in [6.07, 6.45) is 1.46. The van der Waals surface area contributed by atoms with Gasteiger partial charge in [0, 0.05) is 6.04 Å². The van der Waals surface area contributed by atoms with E-state index in [0.29, 0.717) is 17.8 Å². The Morgan fingerprint density at radius 2 is 1.68 bits per heavy atom. The molecule has 0 spiro atoms. The summed E-state index contributed by atoms with van der Waals surface area (Å²) in [5.41, 5.74) is 6.85. The van der Waals surface area contributed by atoms with E-state index < -0.39 is 6.04 Å². The number of rotatable bonds is 6. The maximum absolute atomic E-state index is 12.0. The van der Waals surface area contributed by atoms with Crippen LogP contribution >= 0.6 is 12.4 Å². The zero-order valence-corrected chi connectivity index (χ0v) is 14.0. The Bertz CT molecular complexity index is 494. The molecular weight excluding hydrogens is 304 g/mol. The lowest BCUT2D eigenvalue weighted by molar-refractivity contribution is -0.117. The van der Waals surface area contributed by atoms with Crippen molar-refractivity contribution >= 4 is 35.7 Å². The molecular formula is C15H25ClN4O2. The summed E-state index contributed by atoms with van der Waals surface area (Å²) in [6.45, 7) is 5.72. The van der Waals surface area contributed by atoms with Crippen molar-refractivity contribution in [3.8, 4) is 0 Å². The Morgan fingerprint density at radius 3 is 2.18 bits per heavy atom. The molecule has 5 N–H and O–H groups in total. The molecule has 0 heterocycles. The summed E-state index contributed by atoms with van der Waals surface area (Å²) in [5, 5.41) is 8.19. The minimum Gasteiger partial charge on any atom is -0.336 e. The molecule has 3 amide bonds. The van der Waals surface area contributed by atoms with Crippen LogP contribution in [0.2, 0.25) is 0 Å². The number of halogens is 1. The van der Waals surface area contributed by atoms with Crippen LogP contribution in [0.25, 0.3) is 0 Å². The smallest absolute Gasteiger partial charge is 0.319 e. The van der Waals surface area contributed by atoms with Crippen molar-refractivity contribution in [3.63, 3.8) is 0 Å². The second-order valence-corrected chi connectivity index (χ2v) is 5.18. The highest BCUT2D eigenvalue weighted by atomic mass is 35.5. The van der Waals surface area contributed by atoms with Crippen LogP contribution in [-0.4, -0.2) is 24.0 Å². The van der Waals surface area contributed by atoms with E-state index >= 15 is 0 Å². The van der Waals surface area contributed by atoms with Crippen molar-refractivity contribution in [2.45, 2.75) is 45.7 Å². The summed E-state index contributed by atoms with van der Waals surface area (Å²) in [5.74, 6) is -0.254. The Morgan fingerprint density at radius 1 is 1.14 bits per heavy atom. The second-order valence-electron chi connectivity index (χ2n) is 5.18. The highest BCUT2D eigenvalue weighted by Gasteiger charge is 2.14. The Kier molecular flexibility index (Phi) is 9.21. The Labute approximate surface area is 137 Å². The van der Waals surface area contributed by atoms with Crippen LogP contribution in [0, 0.1) is 0 Å². The van der Waals surface area contributed by atoms with Gasteiger partial charge < -0.3 is 21.7 Å². The minimum absolute atomic E-state index is 0. The molecule has 0 bridgehead atoms. The number of hydrogen-bond acceptors (Lipinski definition) is 3. The predicted molar refractivity (Wildman–Crippen MR) is 92.5 cm³/mol. The number of para-hydroxylation sites is 2. The molecule has 1 aromatic rings. The first kappa shape index (κ1) is 20.2. The molecule has 124 valence electrons. The van der Waals surface area contributed by atoms with E-state index in [0.717, 1.165) is 6.42 Å². The van der Waals surface area contributed by atoms with Crippen molar-refractivity contribution < 1.29 is 9.59 Å². The van der Waals surface area contributed by atoms with Gasteiger partial charge in [0.1, 0.15) is 0 Å². The highest BCUT2D eigenvalue weighted by molar-refractivity contribution is 6.00. The molecule has 6 nitrogen and oxygen atoms in total. The number of nitrogens with one attached hydrogen (secondary N) is 3. The standard InChI is InChI=1S/C15H24N4O2.ClH/c1-4-7-11(16)14(20)18-12-8-5-6-9-13(12)19-15(21)17-10(2)3;/h5-6,8-11H,4,7,16H2,1-3H3,(H,18,20)(H2,17,19,21);1H. The summed E-state index contributed by atoms with van der Waals surface area (Å²) in [7, 11) is 0. The molecule has 0 saturated heterocycles. The number of carbonyl (C=O) groups excluding carboxylic acids is 2. The molecule has 0 aliphatic carbocycles. The maximum atomic E-state index is 12.0. The molecule has 0 aliphatic rings. The molecule has 1 aromatic carbocycles. The van der Waals surface area contributed by atoms with Gasteiger partial charge in [-0.3, -0.25) is 4.79 Å². The van der Waals surface area contributed by atoms with Gasteiger partial charge in [-0.1, -0.05) is 25.5 Å². The van der Waals surface area contributed by atoms with Crippen LogP contribution in [-0.2, 0) is 4.79 Å². The van der Waals surface area contributed by atoms with E-state index in [1.54, 1.807) is 24.3 Å². The van der Waals surface area contributed by atoms with E-state index in [4.69, 9.17) is 5.73 Å². The van der Waals surface area contributed by atoms with Crippen LogP contribution in [0.1, 0.15) is 33.6 Å². The molecule has 0 saturated carbocycles. The molecule has 0 fully saturated rings. The highest BCUT2D eigenvalue weighted by Crippen LogP contribution is 2.21. The zero-order valence-electron chi connectivity index (χ0n) is 13.2. The third kappa shape index (κ3) is 6.78. The lowest BCUT2D eigenvalue weighted by Crippen LogP contribution is -2.36. The third-order valence-corrected chi connectivity index (χ3v) is 2.79. The van der Waals surface area contributed by atoms with E-state index in [1.165, 1.54) is 0 Å². The lowest BCUT2D eigenvalue weighted by atomic mass is 10.1. The summed E-state index contributed by atoms with van der Waals surface area (Å²) >= 11 is 0. The molecule has 1 rings (SSSR count). The van der Waals surface area contributed by atoms with Crippen molar-refractivity contribution in [1.82, 2.24) is 5.32 Å². The third-order valence-electron chi connectivity index (χ3n) is 2.79. The molecule has 1 atom stereocenters. The van der Waals surface area contributed by atoms with Crippen molar-refractivity contribution in [1.29, 1.82) is 0 Å². The van der Waals surface area contributed by atoms with Gasteiger partial charge in [0.2, 0.25) is 5.91 Å². The SMILES string of the molecule is CCCC(N)C(=O)Nc1ccccc1NC(=O)NC(C)C.Cl. The van der Waals surface area contributed by atoms with Gasteiger partial charge in [0.15, 0.2) is 0 Å². The topological polar surface area (TPSA) is 96.2 Å². The van der Waals surface area contributed by atoms with Gasteiger partial charge >= 0.3 is 6.03 Å². The van der Waals surface area contributed by atoms with Gasteiger partial charge in [0.25, 0.3) is 0 Å². The van der Waals surface area contributed by atoms with Gasteiger partial charge in [-0.05, 0) is 32.4 Å². The number of urea groups is 1. The van der Waals surface area contributed by atoms with Crippen molar-refractivity contribution in [2.75, 3.05) is 10.6 Å². The molecule has 0 aromatic heterocycles. The first-order chi connectivity index (χ1) is 9.93. The van der Waals surface area contributed by atoms with Gasteiger partial charge in [-0.25, -0.2) is 4.79 Å². The monoisotopic (exact) mass is 328 g/mol. The largest absolute Gasteiger partial charge is 0.336 e. The van der Waals surface area contributed by atoms with Crippen LogP contribution in [0.3, 0.4) is 0 Å². The molecule has 1 unspecified atom stereocenters. The number of hydrogen-bond donors (Lipinski definition) is 4. The average Bonchev–Trinajstić information content (AvgIpc) is 2.40. The Hall–Kier alpha value is -1.79. The molecule has 0 aliphatic heterocycles. The van der Waals surface area contributed by atoms with Gasteiger partial charge in [0.05, 0.1) is 17.4 Å². The van der Waals surface area contributed by atoms with E-state index in [1.807, 2.05) is 20.8 Å². The van der Waals surface area contributed by atoms with Gasteiger partial charge in [-0.2, -0.15) is 0 Å². The lowest BCUT2D eigenvalue weighted by Gasteiger charge is -2.16. The van der Waals surface area contributed by atoms with Crippen molar-refractivity contribution in [2.24, 2.45) is 5.73 Å². The van der Waals surface area contributed by atoms with Crippen LogP contribution in [0.15, 0.2) is 24.3 Å². The fourth-order valence-electron chi connectivity index (χ4n) is 1.79. The molecule has 22 heavy (non-hydrogen) atoms. The van der Waals surface area contributed by atoms with E-state index in [9.17, 15) is 9.59 Å². The quantitative estimate of drug-likeness (QED) is 0.646. The molecule has 7 heteroatoms. The second kappa shape index (κ2) is 10.0. The normalized spacial score (nSPS) is 11.3. The van der Waals surface area contributed by atoms with Crippen LogP contribution < -0.4 is 21.7 Å². The predicted octanol–water partition coefficient (Wildman–Crippen LogP) is 2.70. The summed E-state index contributed by atoms with van der Waals surface area (Å²) < 4.78 is 0. The number of nitrogens with two attached hydrogens (primary N) is 1. The van der Waals surface area contributed by atoms with Crippen LogP contribution in [0.5, 0.6) is 0 Å². The minimum atomic E-state index is -0.549. The van der Waals surface area contributed by atoms with E-state index in [2.05, 4.69) is 16.0 Å². The van der Waals surface area contributed by atoms with E-state index in [-0.39, 0.29) is 30.4 Å². The zero-order chi connectivity index (χ0) is 15.8. The number of carbonyl (C=O) groups is 2. The fourth-order valence-corrected chi connectivity index (χ4v) is 1.79. The summed E-state index contributed by atoms with van der Waals surface area (Å²) in [6, 6.07) is 6.18. The molecule has 0 radical (unpaired) electrons. The Balaban J connectivity index is 0.00000441. The summed E-state index contributed by atoms with van der Waals surface area (Å²) in [4.78, 5) is 23.7. The van der Waals surface area contributed by atoms with Crippen molar-refractivity contribution in [3.05, 3.63) is 24.3 Å². The number of anilines is 2. The fraction of sp³-hybridized carbons (Fsp3) is 0.467. The van der Waals surface area contributed by atoms with Gasteiger partial charge in [-0.15, -0.1) is 12.4 Å².